The lowest BCUT2D eigenvalue weighted by Gasteiger charge is -2.20. The van der Waals surface area contributed by atoms with E-state index in [-0.39, 0.29) is 0 Å². The van der Waals surface area contributed by atoms with Crippen LogP contribution in [0.5, 0.6) is 0 Å². The van der Waals surface area contributed by atoms with Gasteiger partial charge in [-0.25, -0.2) is 0 Å². The summed E-state index contributed by atoms with van der Waals surface area (Å²) in [7, 11) is 3.93. The van der Waals surface area contributed by atoms with E-state index in [2.05, 4.69) is 16.9 Å². The predicted octanol–water partition coefficient (Wildman–Crippen LogP) is 3.24. The molecule has 1 aromatic heterocycles. The number of rotatable bonds is 5. The fourth-order valence-corrected chi connectivity index (χ4v) is 2.61. The molecule has 0 saturated carbocycles. The maximum Gasteiger partial charge on any atom is 0.150 e. The fraction of sp³-hybridized carbons (Fsp3) is 0.400. The summed E-state index contributed by atoms with van der Waals surface area (Å²) in [5.74, 6) is 0.938. The third kappa shape index (κ3) is 2.90. The molecule has 0 aliphatic carbocycles. The summed E-state index contributed by atoms with van der Waals surface area (Å²) < 4.78 is 1.84. The summed E-state index contributed by atoms with van der Waals surface area (Å²) in [5, 5.41) is 5.27. The van der Waals surface area contributed by atoms with Gasteiger partial charge in [-0.3, -0.25) is 4.68 Å². The molecule has 0 atom stereocenters. The van der Waals surface area contributed by atoms with Gasteiger partial charge >= 0.3 is 0 Å². The minimum Gasteiger partial charge on any atom is -0.394 e. The van der Waals surface area contributed by atoms with Crippen molar-refractivity contribution in [3.63, 3.8) is 0 Å². The Morgan fingerprint density at radius 1 is 1.35 bits per heavy atom. The van der Waals surface area contributed by atoms with Crippen molar-refractivity contribution in [3.05, 3.63) is 40.5 Å². The van der Waals surface area contributed by atoms with Gasteiger partial charge in [-0.15, -0.1) is 0 Å². The van der Waals surface area contributed by atoms with Crippen LogP contribution in [0.3, 0.4) is 0 Å². The first-order valence-corrected chi connectivity index (χ1v) is 7.18. The second-order valence-corrected chi connectivity index (χ2v) is 5.41. The highest BCUT2D eigenvalue weighted by Crippen LogP contribution is 2.28. The Morgan fingerprint density at radius 3 is 2.70 bits per heavy atom. The van der Waals surface area contributed by atoms with Gasteiger partial charge in [-0.2, -0.15) is 5.10 Å². The van der Waals surface area contributed by atoms with Gasteiger partial charge in [-0.05, 0) is 18.1 Å². The number of anilines is 2. The minimum absolute atomic E-state index is 0.703. The summed E-state index contributed by atoms with van der Waals surface area (Å²) in [5.41, 5.74) is 9.04. The van der Waals surface area contributed by atoms with E-state index in [0.29, 0.717) is 6.54 Å². The molecule has 0 spiro atoms. The number of hydrogen-bond acceptors (Lipinski definition) is 3. The van der Waals surface area contributed by atoms with Crippen LogP contribution < -0.4 is 10.6 Å². The Labute approximate surface area is 125 Å². The number of benzene rings is 1. The van der Waals surface area contributed by atoms with Gasteiger partial charge in [0, 0.05) is 25.7 Å². The van der Waals surface area contributed by atoms with E-state index < -0.39 is 0 Å². The largest absolute Gasteiger partial charge is 0.394 e. The maximum absolute atomic E-state index is 6.22. The Morgan fingerprint density at radius 2 is 2.05 bits per heavy atom. The number of nitrogens with two attached hydrogens (primary N) is 1. The van der Waals surface area contributed by atoms with Crippen molar-refractivity contribution in [2.24, 2.45) is 7.05 Å². The van der Waals surface area contributed by atoms with Crippen molar-refractivity contribution in [2.45, 2.75) is 26.3 Å². The highest BCUT2D eigenvalue weighted by molar-refractivity contribution is 6.31. The van der Waals surface area contributed by atoms with Gasteiger partial charge in [0.15, 0.2) is 0 Å². The summed E-state index contributed by atoms with van der Waals surface area (Å²) in [4.78, 5) is 2.09. The summed E-state index contributed by atoms with van der Waals surface area (Å²) >= 11 is 6.21. The number of aryl methyl sites for hydroxylation is 2. The van der Waals surface area contributed by atoms with Crippen LogP contribution >= 0.6 is 11.6 Å². The van der Waals surface area contributed by atoms with Gasteiger partial charge in [-0.1, -0.05) is 43.1 Å². The van der Waals surface area contributed by atoms with Crippen molar-refractivity contribution in [1.29, 1.82) is 0 Å². The second kappa shape index (κ2) is 6.18. The lowest BCUT2D eigenvalue weighted by atomic mass is 10.2. The first kappa shape index (κ1) is 14.7. The standard InChI is InChI=1S/C15H21ClN4/c1-4-7-13-14(17)15(20(3)18-13)19(2)10-11-8-5-6-9-12(11)16/h5-6,8-9H,4,7,10,17H2,1-3H3. The maximum atomic E-state index is 6.22. The number of hydrogen-bond donors (Lipinski definition) is 1. The monoisotopic (exact) mass is 292 g/mol. The van der Waals surface area contributed by atoms with Crippen LogP contribution in [-0.4, -0.2) is 16.8 Å². The predicted molar refractivity (Wildman–Crippen MR) is 85.2 cm³/mol. The highest BCUT2D eigenvalue weighted by Gasteiger charge is 2.17. The molecule has 0 aliphatic rings. The van der Waals surface area contributed by atoms with Crippen molar-refractivity contribution in [1.82, 2.24) is 9.78 Å². The molecule has 5 heteroatoms. The fourth-order valence-electron chi connectivity index (χ4n) is 2.42. The molecule has 0 radical (unpaired) electrons. The van der Waals surface area contributed by atoms with Gasteiger partial charge in [0.2, 0.25) is 0 Å². The third-order valence-electron chi connectivity index (χ3n) is 3.34. The average molecular weight is 293 g/mol. The zero-order chi connectivity index (χ0) is 14.7. The number of nitrogens with zero attached hydrogens (tertiary/aromatic N) is 3. The zero-order valence-electron chi connectivity index (χ0n) is 12.2. The molecule has 4 nitrogen and oxygen atoms in total. The summed E-state index contributed by atoms with van der Waals surface area (Å²) in [6, 6.07) is 7.85. The first-order chi connectivity index (χ1) is 9.54. The minimum atomic E-state index is 0.703. The van der Waals surface area contributed by atoms with Crippen LogP contribution in [0.4, 0.5) is 11.5 Å². The van der Waals surface area contributed by atoms with Crippen LogP contribution in [0.2, 0.25) is 5.02 Å². The van der Waals surface area contributed by atoms with E-state index in [1.807, 2.05) is 43.0 Å². The topological polar surface area (TPSA) is 47.1 Å². The van der Waals surface area contributed by atoms with Gasteiger partial charge in [0.25, 0.3) is 0 Å². The molecule has 20 heavy (non-hydrogen) atoms. The Balaban J connectivity index is 2.25. The second-order valence-electron chi connectivity index (χ2n) is 5.01. The van der Waals surface area contributed by atoms with Crippen LogP contribution in [0.25, 0.3) is 0 Å². The smallest absolute Gasteiger partial charge is 0.150 e. The van der Waals surface area contributed by atoms with Crippen molar-refractivity contribution in [3.8, 4) is 0 Å². The number of aromatic nitrogens is 2. The van der Waals surface area contributed by atoms with Gasteiger partial charge in [0.1, 0.15) is 5.82 Å². The molecule has 0 bridgehead atoms. The normalized spacial score (nSPS) is 10.8. The van der Waals surface area contributed by atoms with Crippen LogP contribution in [-0.2, 0) is 20.0 Å². The molecule has 1 aromatic carbocycles. The summed E-state index contributed by atoms with van der Waals surface area (Å²) in [6.45, 7) is 2.83. The van der Waals surface area contributed by atoms with Crippen LogP contribution in [0.1, 0.15) is 24.6 Å². The quantitative estimate of drug-likeness (QED) is 0.920. The molecular formula is C15H21ClN4. The van der Waals surface area contributed by atoms with E-state index in [9.17, 15) is 0 Å². The highest BCUT2D eigenvalue weighted by atomic mass is 35.5. The Bertz CT molecular complexity index is 592. The van der Waals surface area contributed by atoms with E-state index in [1.165, 1.54) is 0 Å². The SMILES string of the molecule is CCCc1nn(C)c(N(C)Cc2ccccc2Cl)c1N. The Kier molecular flexibility index (Phi) is 4.55. The molecule has 0 amide bonds. The van der Waals surface area contributed by atoms with E-state index >= 15 is 0 Å². The number of nitrogen functional groups attached to an aromatic ring is 1. The zero-order valence-corrected chi connectivity index (χ0v) is 13.0. The van der Waals surface area contributed by atoms with Crippen molar-refractivity contribution in [2.75, 3.05) is 17.7 Å². The average Bonchev–Trinajstić information content (AvgIpc) is 2.68. The molecule has 108 valence electrons. The molecular weight excluding hydrogens is 272 g/mol. The molecule has 2 N–H and O–H groups in total. The lowest BCUT2D eigenvalue weighted by Crippen LogP contribution is -2.20. The van der Waals surface area contributed by atoms with Crippen LogP contribution in [0.15, 0.2) is 24.3 Å². The first-order valence-electron chi connectivity index (χ1n) is 6.80. The molecule has 0 aliphatic heterocycles. The lowest BCUT2D eigenvalue weighted by molar-refractivity contribution is 0.712. The van der Waals surface area contributed by atoms with E-state index in [0.717, 1.165) is 40.6 Å². The molecule has 0 unspecified atom stereocenters. The molecule has 2 aromatic rings. The van der Waals surface area contributed by atoms with Gasteiger partial charge < -0.3 is 10.6 Å². The summed E-state index contributed by atoms with van der Waals surface area (Å²) in [6.07, 6.45) is 1.94. The molecule has 0 fully saturated rings. The molecule has 1 heterocycles. The van der Waals surface area contributed by atoms with Crippen LogP contribution in [0, 0.1) is 0 Å². The van der Waals surface area contributed by atoms with Crippen molar-refractivity contribution >= 4 is 23.1 Å². The van der Waals surface area contributed by atoms with E-state index in [1.54, 1.807) is 0 Å². The number of halogens is 1. The van der Waals surface area contributed by atoms with E-state index in [4.69, 9.17) is 17.3 Å². The molecule has 0 saturated heterocycles. The third-order valence-corrected chi connectivity index (χ3v) is 3.71. The molecule has 2 rings (SSSR count). The van der Waals surface area contributed by atoms with Gasteiger partial charge in [0.05, 0.1) is 11.4 Å². The Hall–Kier alpha value is -1.68. The van der Waals surface area contributed by atoms with Crippen molar-refractivity contribution < 1.29 is 0 Å².